The zero-order valence-corrected chi connectivity index (χ0v) is 22.6. The SMILES string of the molecule is CC(=O)Nc1cc(N(C)CCCN2C(=O)c3ccccc3C2=O)ccc1N.N#Cc1cc([N+](=O)[O-])cc([N+](=O)[O-])c1N. The summed E-state index contributed by atoms with van der Waals surface area (Å²) in [6.07, 6.45) is 0.627. The zero-order chi connectivity index (χ0) is 31.1. The fraction of sp³-hybridized carbons (Fsp3) is 0.185. The molecule has 0 fully saturated rings. The number of nitro benzene ring substituents is 2. The molecule has 1 heterocycles. The van der Waals surface area contributed by atoms with Crippen LogP contribution in [0.5, 0.6) is 0 Å². The van der Waals surface area contributed by atoms with E-state index in [1.165, 1.54) is 11.8 Å². The molecule has 1 aliphatic heterocycles. The fourth-order valence-electron chi connectivity index (χ4n) is 4.09. The van der Waals surface area contributed by atoms with Crippen LogP contribution in [0.3, 0.4) is 0 Å². The minimum atomic E-state index is -0.872. The summed E-state index contributed by atoms with van der Waals surface area (Å²) in [7, 11) is 1.91. The molecule has 216 valence electrons. The average Bonchev–Trinajstić information content (AvgIpc) is 3.19. The van der Waals surface area contributed by atoms with Gasteiger partial charge in [0.25, 0.3) is 23.2 Å². The maximum absolute atomic E-state index is 12.4. The first kappa shape index (κ1) is 30.5. The molecule has 0 saturated carbocycles. The molecule has 0 aliphatic carbocycles. The number of nitro groups is 2. The van der Waals surface area contributed by atoms with E-state index in [0.29, 0.717) is 42.0 Å². The Morgan fingerprint density at radius 3 is 2.17 bits per heavy atom. The number of nitrogen functional groups attached to an aromatic ring is 2. The van der Waals surface area contributed by atoms with Gasteiger partial charge >= 0.3 is 0 Å². The van der Waals surface area contributed by atoms with Crippen molar-refractivity contribution in [2.24, 2.45) is 0 Å². The molecule has 15 nitrogen and oxygen atoms in total. The number of carbonyl (C=O) groups is 3. The van der Waals surface area contributed by atoms with Crippen LogP contribution in [0.4, 0.5) is 34.1 Å². The molecule has 0 radical (unpaired) electrons. The summed E-state index contributed by atoms with van der Waals surface area (Å²) in [5, 5.41) is 32.1. The van der Waals surface area contributed by atoms with E-state index in [1.807, 2.05) is 18.0 Å². The number of hydrogen-bond acceptors (Lipinski definition) is 11. The molecule has 3 aromatic rings. The number of anilines is 4. The van der Waals surface area contributed by atoms with Gasteiger partial charge in [-0.25, -0.2) is 0 Å². The largest absolute Gasteiger partial charge is 0.397 e. The highest BCUT2D eigenvalue weighted by Gasteiger charge is 2.34. The molecule has 0 saturated heterocycles. The van der Waals surface area contributed by atoms with Crippen molar-refractivity contribution in [2.45, 2.75) is 13.3 Å². The van der Waals surface area contributed by atoms with Crippen LogP contribution in [0.1, 0.15) is 39.6 Å². The van der Waals surface area contributed by atoms with Gasteiger partial charge in [0.05, 0.1) is 44.0 Å². The lowest BCUT2D eigenvalue weighted by molar-refractivity contribution is -0.393. The van der Waals surface area contributed by atoms with Gasteiger partial charge in [-0.2, -0.15) is 5.26 Å². The van der Waals surface area contributed by atoms with Crippen LogP contribution in [0.25, 0.3) is 0 Å². The first-order chi connectivity index (χ1) is 19.8. The number of imide groups is 1. The van der Waals surface area contributed by atoms with E-state index in [0.717, 1.165) is 17.8 Å². The zero-order valence-electron chi connectivity index (χ0n) is 22.6. The van der Waals surface area contributed by atoms with Gasteiger partial charge < -0.3 is 21.7 Å². The molecular weight excluding hydrogens is 548 g/mol. The van der Waals surface area contributed by atoms with Crippen molar-refractivity contribution in [3.8, 4) is 6.07 Å². The van der Waals surface area contributed by atoms with Crippen LogP contribution in [-0.2, 0) is 4.79 Å². The number of fused-ring (bicyclic) bond motifs is 1. The number of rotatable bonds is 8. The Bertz CT molecular complexity index is 1600. The molecule has 0 spiro atoms. The molecule has 3 aromatic carbocycles. The number of nitrogens with two attached hydrogens (primary N) is 2. The number of nitrogens with zero attached hydrogens (tertiary/aromatic N) is 5. The Hall–Kier alpha value is -6.04. The molecule has 5 N–H and O–H groups in total. The molecule has 0 aromatic heterocycles. The number of carbonyl (C=O) groups excluding carboxylic acids is 3. The molecule has 0 unspecified atom stereocenters. The number of nitrogens with one attached hydrogen (secondary N) is 1. The highest BCUT2D eigenvalue weighted by Crippen LogP contribution is 2.30. The Balaban J connectivity index is 0.000000274. The second kappa shape index (κ2) is 12.9. The lowest BCUT2D eigenvalue weighted by Crippen LogP contribution is -2.33. The van der Waals surface area contributed by atoms with E-state index in [2.05, 4.69) is 5.32 Å². The topological polar surface area (TPSA) is 232 Å². The summed E-state index contributed by atoms with van der Waals surface area (Å²) in [4.78, 5) is 58.5. The normalized spacial score (nSPS) is 11.6. The quantitative estimate of drug-likeness (QED) is 0.153. The van der Waals surface area contributed by atoms with Crippen molar-refractivity contribution in [1.29, 1.82) is 5.26 Å². The average molecular weight is 575 g/mol. The predicted molar refractivity (Wildman–Crippen MR) is 154 cm³/mol. The first-order valence-corrected chi connectivity index (χ1v) is 12.3. The highest BCUT2D eigenvalue weighted by molar-refractivity contribution is 6.21. The summed E-state index contributed by atoms with van der Waals surface area (Å²) in [6.45, 7) is 2.42. The van der Waals surface area contributed by atoms with Gasteiger partial charge in [0.15, 0.2) is 0 Å². The summed E-state index contributed by atoms with van der Waals surface area (Å²) in [6, 6.07) is 15.4. The predicted octanol–water partition coefficient (Wildman–Crippen LogP) is 3.31. The van der Waals surface area contributed by atoms with Crippen molar-refractivity contribution < 1.29 is 24.2 Å². The second-order valence-electron chi connectivity index (χ2n) is 9.09. The number of hydrogen-bond donors (Lipinski definition) is 3. The van der Waals surface area contributed by atoms with Gasteiger partial charge in [-0.05, 0) is 36.8 Å². The second-order valence-corrected chi connectivity index (χ2v) is 9.09. The third kappa shape index (κ3) is 6.74. The van der Waals surface area contributed by atoms with Crippen LogP contribution >= 0.6 is 0 Å². The summed E-state index contributed by atoms with van der Waals surface area (Å²) >= 11 is 0. The van der Waals surface area contributed by atoms with Gasteiger partial charge in [-0.3, -0.25) is 39.5 Å². The number of amides is 3. The van der Waals surface area contributed by atoms with Crippen molar-refractivity contribution >= 4 is 51.8 Å². The lowest BCUT2D eigenvalue weighted by atomic mass is 10.1. The smallest absolute Gasteiger partial charge is 0.300 e. The Morgan fingerprint density at radius 2 is 1.64 bits per heavy atom. The number of benzene rings is 3. The number of nitriles is 1. The molecule has 42 heavy (non-hydrogen) atoms. The standard InChI is InChI=1S/C20H22N4O3.C7H4N4O4/c1-13(25)22-18-12-14(8-9-17(18)21)23(2)10-5-11-24-19(26)15-6-3-4-7-16(15)20(24)27;8-3-4-1-5(10(12)13)2-6(7(4)9)11(14)15/h3-4,6-9,12H,5,10-11,21H2,1-2H3,(H,22,25);1-2H,9H2. The van der Waals surface area contributed by atoms with Gasteiger partial charge in [0.2, 0.25) is 5.91 Å². The first-order valence-electron chi connectivity index (χ1n) is 12.3. The highest BCUT2D eigenvalue weighted by atomic mass is 16.6. The van der Waals surface area contributed by atoms with E-state index in [4.69, 9.17) is 16.7 Å². The monoisotopic (exact) mass is 574 g/mol. The Morgan fingerprint density at radius 1 is 1.02 bits per heavy atom. The van der Waals surface area contributed by atoms with Crippen molar-refractivity contribution in [3.05, 3.63) is 91.5 Å². The van der Waals surface area contributed by atoms with E-state index in [9.17, 15) is 34.6 Å². The Labute approximate surface area is 239 Å². The lowest BCUT2D eigenvalue weighted by Gasteiger charge is -2.22. The number of non-ortho nitro benzene ring substituents is 1. The summed E-state index contributed by atoms with van der Waals surface area (Å²) < 4.78 is 0. The van der Waals surface area contributed by atoms with Crippen LogP contribution < -0.4 is 21.7 Å². The molecular formula is C27H26N8O7. The minimum absolute atomic E-state index is 0.188. The van der Waals surface area contributed by atoms with Gasteiger partial charge in [0.1, 0.15) is 11.8 Å². The van der Waals surface area contributed by atoms with E-state index < -0.39 is 21.2 Å². The summed E-state index contributed by atoms with van der Waals surface area (Å²) in [5.41, 5.74) is 12.2. The maximum Gasteiger partial charge on any atom is 0.300 e. The van der Waals surface area contributed by atoms with Crippen molar-refractivity contribution in [2.75, 3.05) is 41.8 Å². The van der Waals surface area contributed by atoms with Crippen LogP contribution in [-0.4, -0.2) is 52.6 Å². The molecule has 15 heteroatoms. The third-order valence-corrected chi connectivity index (χ3v) is 6.21. The molecule has 0 atom stereocenters. The van der Waals surface area contributed by atoms with Crippen LogP contribution in [0.15, 0.2) is 54.6 Å². The van der Waals surface area contributed by atoms with E-state index in [-0.39, 0.29) is 29.0 Å². The van der Waals surface area contributed by atoms with Gasteiger partial charge in [-0.15, -0.1) is 0 Å². The van der Waals surface area contributed by atoms with Crippen molar-refractivity contribution in [3.63, 3.8) is 0 Å². The Kier molecular flexibility index (Phi) is 9.35. The maximum atomic E-state index is 12.4. The fourth-order valence-corrected chi connectivity index (χ4v) is 4.09. The van der Waals surface area contributed by atoms with Gasteiger partial charge in [0, 0.05) is 38.8 Å². The van der Waals surface area contributed by atoms with Crippen molar-refractivity contribution in [1.82, 2.24) is 4.90 Å². The van der Waals surface area contributed by atoms with Crippen LogP contribution in [0, 0.1) is 31.6 Å². The van der Waals surface area contributed by atoms with Crippen LogP contribution in [0.2, 0.25) is 0 Å². The van der Waals surface area contributed by atoms with E-state index >= 15 is 0 Å². The molecule has 0 bridgehead atoms. The minimum Gasteiger partial charge on any atom is -0.397 e. The molecule has 3 amide bonds. The summed E-state index contributed by atoms with van der Waals surface area (Å²) in [5.74, 6) is -0.663. The van der Waals surface area contributed by atoms with E-state index in [1.54, 1.807) is 42.5 Å². The molecule has 1 aliphatic rings. The third-order valence-electron chi connectivity index (χ3n) is 6.21. The van der Waals surface area contributed by atoms with Gasteiger partial charge in [-0.1, -0.05) is 12.1 Å². The molecule has 4 rings (SSSR count).